The van der Waals surface area contributed by atoms with Gasteiger partial charge in [0.05, 0.1) is 0 Å². The smallest absolute Gasteiger partial charge is 0.126 e. The molecule has 1 atom stereocenters. The van der Waals surface area contributed by atoms with Crippen molar-refractivity contribution in [3.63, 3.8) is 0 Å². The van der Waals surface area contributed by atoms with Crippen molar-refractivity contribution >= 4 is 0 Å². The highest BCUT2D eigenvalue weighted by Crippen LogP contribution is 2.25. The third kappa shape index (κ3) is 5.95. The first kappa shape index (κ1) is 13.4. The zero-order valence-electron chi connectivity index (χ0n) is 9.78. The van der Waals surface area contributed by atoms with Gasteiger partial charge in [0, 0.05) is 0 Å². The van der Waals surface area contributed by atoms with Crippen LogP contribution in [0.5, 0.6) is 0 Å². The minimum Gasteiger partial charge on any atom is -0.240 e. The molecular formula is C13H23F. The lowest BCUT2D eigenvalue weighted by Gasteiger charge is -2.19. The largest absolute Gasteiger partial charge is 0.240 e. The molecule has 0 aromatic rings. The van der Waals surface area contributed by atoms with Gasteiger partial charge in [-0.2, -0.15) is 0 Å². The highest BCUT2D eigenvalue weighted by Gasteiger charge is 2.19. The second-order valence-corrected chi connectivity index (χ2v) is 4.59. The summed E-state index contributed by atoms with van der Waals surface area (Å²) >= 11 is 0. The lowest BCUT2D eigenvalue weighted by molar-refractivity contribution is 0.258. The molecule has 0 saturated heterocycles. The molecule has 0 aliphatic carbocycles. The van der Waals surface area contributed by atoms with Gasteiger partial charge in [-0.05, 0) is 51.0 Å². The van der Waals surface area contributed by atoms with Gasteiger partial charge in [-0.1, -0.05) is 19.6 Å². The first-order chi connectivity index (χ1) is 6.38. The third-order valence-corrected chi connectivity index (χ3v) is 2.64. The van der Waals surface area contributed by atoms with Crippen LogP contribution in [0, 0.1) is 5.92 Å². The highest BCUT2D eigenvalue weighted by atomic mass is 19.1. The monoisotopic (exact) mass is 198 g/mol. The number of allylic oxidation sites excluding steroid dienone is 2. The molecule has 0 nitrogen and oxygen atoms in total. The van der Waals surface area contributed by atoms with Gasteiger partial charge in [-0.15, -0.1) is 6.58 Å². The molecular weight excluding hydrogens is 175 g/mol. The summed E-state index contributed by atoms with van der Waals surface area (Å²) in [5.74, 6) is 0.632. The summed E-state index contributed by atoms with van der Waals surface area (Å²) in [6.45, 7) is 12.8. The van der Waals surface area contributed by atoms with E-state index in [2.05, 4.69) is 20.1 Å². The Morgan fingerprint density at radius 1 is 1.43 bits per heavy atom. The summed E-state index contributed by atoms with van der Waals surface area (Å²) in [6, 6.07) is 0. The maximum Gasteiger partial charge on any atom is 0.126 e. The third-order valence-electron chi connectivity index (χ3n) is 2.64. The molecule has 1 unspecified atom stereocenters. The number of hydrogen-bond acceptors (Lipinski definition) is 0. The average Bonchev–Trinajstić information content (AvgIpc) is 2.09. The zero-order chi connectivity index (χ0) is 11.2. The van der Waals surface area contributed by atoms with Crippen LogP contribution in [0.3, 0.4) is 0 Å². The average molecular weight is 198 g/mol. The van der Waals surface area contributed by atoms with Crippen molar-refractivity contribution < 1.29 is 4.39 Å². The molecule has 0 N–H and O–H groups in total. The van der Waals surface area contributed by atoms with Gasteiger partial charge in [0.1, 0.15) is 5.67 Å². The van der Waals surface area contributed by atoms with Crippen molar-refractivity contribution in [3.05, 3.63) is 24.8 Å². The second-order valence-electron chi connectivity index (χ2n) is 4.59. The normalized spacial score (nSPS) is 13.7. The van der Waals surface area contributed by atoms with E-state index in [1.807, 2.05) is 6.08 Å². The van der Waals surface area contributed by atoms with E-state index >= 15 is 0 Å². The molecule has 0 radical (unpaired) electrons. The summed E-state index contributed by atoms with van der Waals surface area (Å²) in [6.07, 6.45) is 5.95. The van der Waals surface area contributed by atoms with E-state index in [0.717, 1.165) is 25.7 Å². The molecule has 0 aromatic carbocycles. The first-order valence-electron chi connectivity index (χ1n) is 5.36. The quantitative estimate of drug-likeness (QED) is 0.521. The van der Waals surface area contributed by atoms with Gasteiger partial charge in [0.15, 0.2) is 0 Å². The van der Waals surface area contributed by atoms with Crippen LogP contribution >= 0.6 is 0 Å². The van der Waals surface area contributed by atoms with Crippen LogP contribution in [0.4, 0.5) is 4.39 Å². The molecule has 82 valence electrons. The van der Waals surface area contributed by atoms with Crippen LogP contribution in [-0.4, -0.2) is 5.67 Å². The fourth-order valence-electron chi connectivity index (χ4n) is 1.26. The van der Waals surface area contributed by atoms with Crippen molar-refractivity contribution in [1.29, 1.82) is 0 Å². The molecule has 0 heterocycles. The highest BCUT2D eigenvalue weighted by molar-refractivity contribution is 5.08. The Bertz CT molecular complexity index is 186. The number of halogens is 1. The van der Waals surface area contributed by atoms with Crippen LogP contribution in [0.25, 0.3) is 0 Å². The minimum absolute atomic E-state index is 0.632. The summed E-state index contributed by atoms with van der Waals surface area (Å²) in [5, 5.41) is 0. The Balaban J connectivity index is 3.72. The fourth-order valence-corrected chi connectivity index (χ4v) is 1.26. The Morgan fingerprint density at radius 2 is 2.00 bits per heavy atom. The molecule has 14 heavy (non-hydrogen) atoms. The maximum atomic E-state index is 13.4. The Labute approximate surface area is 87.9 Å². The van der Waals surface area contributed by atoms with Gasteiger partial charge in [-0.25, -0.2) is 4.39 Å². The molecule has 0 rings (SSSR count). The van der Waals surface area contributed by atoms with E-state index in [0.29, 0.717) is 11.5 Å². The van der Waals surface area contributed by atoms with Gasteiger partial charge in [-0.3, -0.25) is 0 Å². The van der Waals surface area contributed by atoms with Gasteiger partial charge in [0.2, 0.25) is 0 Å². The summed E-state index contributed by atoms with van der Waals surface area (Å²) in [4.78, 5) is 0. The SMILES string of the molecule is C=CCCC(C)CCC(=C)C(C)(C)F. The van der Waals surface area contributed by atoms with Gasteiger partial charge < -0.3 is 0 Å². The van der Waals surface area contributed by atoms with E-state index in [-0.39, 0.29) is 0 Å². The Morgan fingerprint density at radius 3 is 2.43 bits per heavy atom. The van der Waals surface area contributed by atoms with Crippen LogP contribution < -0.4 is 0 Å². The van der Waals surface area contributed by atoms with Gasteiger partial charge in [0.25, 0.3) is 0 Å². The van der Waals surface area contributed by atoms with E-state index in [1.165, 1.54) is 0 Å². The lowest BCUT2D eigenvalue weighted by atomic mass is 9.92. The van der Waals surface area contributed by atoms with Crippen LogP contribution in [0.1, 0.15) is 46.5 Å². The summed E-state index contributed by atoms with van der Waals surface area (Å²) in [7, 11) is 0. The standard InChI is InChI=1S/C13H23F/c1-6-7-8-11(2)9-10-12(3)13(4,5)14/h6,11H,1,3,7-10H2,2,4-5H3. The van der Waals surface area contributed by atoms with Crippen molar-refractivity contribution in [2.75, 3.05) is 0 Å². The molecule has 0 amide bonds. The molecule has 0 aliphatic heterocycles. The second kappa shape index (κ2) is 6.00. The van der Waals surface area contributed by atoms with E-state index in [4.69, 9.17) is 0 Å². The first-order valence-corrected chi connectivity index (χ1v) is 5.36. The number of alkyl halides is 1. The molecule has 0 fully saturated rings. The number of rotatable bonds is 7. The van der Waals surface area contributed by atoms with Crippen molar-refractivity contribution in [2.45, 2.75) is 52.1 Å². The molecule has 0 saturated carbocycles. The van der Waals surface area contributed by atoms with E-state index in [9.17, 15) is 4.39 Å². The summed E-state index contributed by atoms with van der Waals surface area (Å²) < 4.78 is 13.4. The van der Waals surface area contributed by atoms with Crippen LogP contribution in [-0.2, 0) is 0 Å². The topological polar surface area (TPSA) is 0 Å². The lowest BCUT2D eigenvalue weighted by Crippen LogP contribution is -2.15. The van der Waals surface area contributed by atoms with Crippen molar-refractivity contribution in [1.82, 2.24) is 0 Å². The fraction of sp³-hybridized carbons (Fsp3) is 0.692. The zero-order valence-corrected chi connectivity index (χ0v) is 9.78. The molecule has 0 spiro atoms. The molecule has 0 aromatic heterocycles. The van der Waals surface area contributed by atoms with Crippen LogP contribution in [0.2, 0.25) is 0 Å². The molecule has 1 heteroatoms. The number of hydrogen-bond donors (Lipinski definition) is 0. The van der Waals surface area contributed by atoms with Gasteiger partial charge >= 0.3 is 0 Å². The maximum absolute atomic E-state index is 13.4. The van der Waals surface area contributed by atoms with E-state index in [1.54, 1.807) is 13.8 Å². The Hall–Kier alpha value is -0.590. The summed E-state index contributed by atoms with van der Waals surface area (Å²) in [5.41, 5.74) is -0.513. The molecule has 0 bridgehead atoms. The van der Waals surface area contributed by atoms with Crippen molar-refractivity contribution in [2.24, 2.45) is 5.92 Å². The Kier molecular flexibility index (Phi) is 5.75. The van der Waals surface area contributed by atoms with Crippen LogP contribution in [0.15, 0.2) is 24.8 Å². The predicted molar refractivity (Wildman–Crippen MR) is 62.2 cm³/mol. The molecule has 0 aliphatic rings. The minimum atomic E-state index is -1.22. The van der Waals surface area contributed by atoms with Crippen molar-refractivity contribution in [3.8, 4) is 0 Å². The van der Waals surface area contributed by atoms with E-state index < -0.39 is 5.67 Å². The predicted octanol–water partition coefficient (Wildman–Crippen LogP) is 4.67.